The van der Waals surface area contributed by atoms with Gasteiger partial charge in [0, 0.05) is 45.1 Å². The first-order chi connectivity index (χ1) is 17.6. The molecule has 6 heteroatoms. The van der Waals surface area contributed by atoms with Crippen molar-refractivity contribution in [1.82, 2.24) is 9.88 Å². The third-order valence-electron chi connectivity index (χ3n) is 9.14. The van der Waals surface area contributed by atoms with Gasteiger partial charge in [-0.25, -0.2) is 0 Å². The van der Waals surface area contributed by atoms with Crippen molar-refractivity contribution in [2.24, 2.45) is 17.3 Å². The first kappa shape index (κ1) is 24.1. The molecule has 3 aliphatic heterocycles. The lowest BCUT2D eigenvalue weighted by Crippen LogP contribution is -2.48. The van der Waals surface area contributed by atoms with Crippen molar-refractivity contribution in [1.29, 1.82) is 0 Å². The fourth-order valence-corrected chi connectivity index (χ4v) is 7.34. The number of fused-ring (bicyclic) bond motifs is 2. The largest absolute Gasteiger partial charge is 0.379 e. The molecule has 2 aromatic rings. The molecule has 4 heterocycles. The molecule has 3 fully saturated rings. The van der Waals surface area contributed by atoms with E-state index in [9.17, 15) is 4.79 Å². The Bertz CT molecular complexity index is 1090. The van der Waals surface area contributed by atoms with Crippen molar-refractivity contribution in [3.63, 3.8) is 0 Å². The van der Waals surface area contributed by atoms with Crippen molar-refractivity contribution < 1.29 is 19.0 Å². The van der Waals surface area contributed by atoms with Crippen molar-refractivity contribution in [2.75, 3.05) is 26.9 Å². The van der Waals surface area contributed by atoms with Gasteiger partial charge in [-0.15, -0.1) is 0 Å². The Hall–Kier alpha value is -2.28. The highest BCUT2D eigenvalue weighted by molar-refractivity contribution is 5.84. The summed E-state index contributed by atoms with van der Waals surface area (Å²) in [5, 5.41) is 0. The number of aromatic nitrogens is 1. The average Bonchev–Trinajstić information content (AvgIpc) is 3.43. The van der Waals surface area contributed by atoms with Gasteiger partial charge in [-0.3, -0.25) is 9.78 Å². The van der Waals surface area contributed by atoms with Crippen LogP contribution in [0.25, 0.3) is 0 Å². The fraction of sp³-hybridized carbons (Fsp3) is 0.600. The van der Waals surface area contributed by atoms with E-state index < -0.39 is 5.41 Å². The monoisotopic (exact) mass is 490 g/mol. The predicted molar refractivity (Wildman–Crippen MR) is 136 cm³/mol. The van der Waals surface area contributed by atoms with Gasteiger partial charge in [-0.1, -0.05) is 36.4 Å². The van der Waals surface area contributed by atoms with Gasteiger partial charge in [0.05, 0.1) is 30.3 Å². The van der Waals surface area contributed by atoms with E-state index >= 15 is 0 Å². The Labute approximate surface area is 214 Å². The smallest absolute Gasteiger partial charge is 0.231 e. The summed E-state index contributed by atoms with van der Waals surface area (Å²) in [6, 6.07) is 12.6. The topological polar surface area (TPSA) is 60.9 Å². The standard InChI is InChI=1S/C30H38N2O4/c1-20-12-24-18-32(10-8-25(24)31-17-20)29(33)30-15-21(13-23-9-11-35-19-27(23)34-2)14-28(30)36-26(16-30)22-6-4-3-5-7-22/h3-7,12,17,21,23,26-28H,8-11,13-16,18-19H2,1-2H3/t21-,23?,26?,27?,28-,30+/m1/s1. The Kier molecular flexibility index (Phi) is 6.61. The maximum Gasteiger partial charge on any atom is 0.231 e. The van der Waals surface area contributed by atoms with Crippen LogP contribution < -0.4 is 0 Å². The van der Waals surface area contributed by atoms with Crippen LogP contribution >= 0.6 is 0 Å². The molecule has 0 radical (unpaired) electrons. The summed E-state index contributed by atoms with van der Waals surface area (Å²) in [6.45, 7) is 4.95. The van der Waals surface area contributed by atoms with Crippen LogP contribution in [0.15, 0.2) is 42.6 Å². The van der Waals surface area contributed by atoms with Gasteiger partial charge >= 0.3 is 0 Å². The molecule has 192 valence electrons. The molecule has 6 nitrogen and oxygen atoms in total. The number of hydrogen-bond donors (Lipinski definition) is 0. The summed E-state index contributed by atoms with van der Waals surface area (Å²) in [4.78, 5) is 21.1. The molecule has 3 unspecified atom stereocenters. The lowest BCUT2D eigenvalue weighted by atomic mass is 9.76. The van der Waals surface area contributed by atoms with E-state index in [0.717, 1.165) is 62.9 Å². The number of pyridine rings is 1. The van der Waals surface area contributed by atoms with Crippen molar-refractivity contribution >= 4 is 5.91 Å². The molecular weight excluding hydrogens is 452 g/mol. The van der Waals surface area contributed by atoms with Gasteiger partial charge in [-0.2, -0.15) is 0 Å². The summed E-state index contributed by atoms with van der Waals surface area (Å²) >= 11 is 0. The lowest BCUT2D eigenvalue weighted by Gasteiger charge is -2.37. The van der Waals surface area contributed by atoms with Crippen LogP contribution in [0.1, 0.15) is 60.6 Å². The van der Waals surface area contributed by atoms with Crippen LogP contribution in [-0.2, 0) is 32.0 Å². The number of hydrogen-bond acceptors (Lipinski definition) is 5. The third kappa shape index (κ3) is 4.37. The number of ether oxygens (including phenoxy) is 3. The molecule has 6 rings (SSSR count). The molecule has 1 saturated carbocycles. The zero-order valence-electron chi connectivity index (χ0n) is 21.5. The molecule has 1 aromatic carbocycles. The third-order valence-corrected chi connectivity index (χ3v) is 9.14. The van der Waals surface area contributed by atoms with E-state index in [0.29, 0.717) is 25.0 Å². The quantitative estimate of drug-likeness (QED) is 0.611. The Morgan fingerprint density at radius 3 is 2.94 bits per heavy atom. The molecule has 36 heavy (non-hydrogen) atoms. The van der Waals surface area contributed by atoms with Crippen LogP contribution in [-0.4, -0.2) is 54.9 Å². The molecule has 0 bridgehead atoms. The maximum absolute atomic E-state index is 14.4. The van der Waals surface area contributed by atoms with Crippen molar-refractivity contribution in [3.8, 4) is 0 Å². The van der Waals surface area contributed by atoms with E-state index in [-0.39, 0.29) is 24.2 Å². The normalized spacial score (nSPS) is 33.8. The predicted octanol–water partition coefficient (Wildman–Crippen LogP) is 4.64. The fourth-order valence-electron chi connectivity index (χ4n) is 7.34. The number of benzene rings is 1. The van der Waals surface area contributed by atoms with Crippen LogP contribution in [0.2, 0.25) is 0 Å². The number of rotatable bonds is 5. The zero-order chi connectivity index (χ0) is 24.7. The number of carbonyl (C=O) groups is 1. The highest BCUT2D eigenvalue weighted by Crippen LogP contribution is 2.58. The summed E-state index contributed by atoms with van der Waals surface area (Å²) < 4.78 is 18.2. The van der Waals surface area contributed by atoms with E-state index in [2.05, 4.69) is 47.1 Å². The molecule has 1 aromatic heterocycles. The Morgan fingerprint density at radius 1 is 1.25 bits per heavy atom. The second kappa shape index (κ2) is 9.88. The van der Waals surface area contributed by atoms with Gasteiger partial charge in [0.15, 0.2) is 0 Å². The molecule has 0 N–H and O–H groups in total. The number of nitrogens with zero attached hydrogens (tertiary/aromatic N) is 2. The van der Waals surface area contributed by atoms with Gasteiger partial charge in [0.25, 0.3) is 0 Å². The number of amides is 1. The minimum absolute atomic E-state index is 0.0168. The second-order valence-electron chi connectivity index (χ2n) is 11.4. The van der Waals surface area contributed by atoms with E-state index in [1.807, 2.05) is 12.3 Å². The van der Waals surface area contributed by atoms with E-state index in [4.69, 9.17) is 14.2 Å². The first-order valence-electron chi connectivity index (χ1n) is 13.6. The van der Waals surface area contributed by atoms with Crippen molar-refractivity contribution in [3.05, 3.63) is 65.0 Å². The molecule has 0 spiro atoms. The molecular formula is C30H38N2O4. The van der Waals surface area contributed by atoms with Gasteiger partial charge in [0.1, 0.15) is 0 Å². The van der Waals surface area contributed by atoms with Gasteiger partial charge < -0.3 is 19.1 Å². The molecule has 1 amide bonds. The zero-order valence-corrected chi connectivity index (χ0v) is 21.5. The summed E-state index contributed by atoms with van der Waals surface area (Å²) in [5.74, 6) is 1.24. The average molecular weight is 491 g/mol. The maximum atomic E-state index is 14.4. The summed E-state index contributed by atoms with van der Waals surface area (Å²) in [6.07, 6.45) is 7.61. The number of aryl methyl sites for hydroxylation is 1. The number of carbonyl (C=O) groups excluding carboxylic acids is 1. The van der Waals surface area contributed by atoms with E-state index in [1.54, 1.807) is 7.11 Å². The summed E-state index contributed by atoms with van der Waals surface area (Å²) in [7, 11) is 1.79. The van der Waals surface area contributed by atoms with Crippen LogP contribution in [0.5, 0.6) is 0 Å². The minimum atomic E-state index is -0.451. The van der Waals surface area contributed by atoms with Crippen LogP contribution in [0.4, 0.5) is 0 Å². The van der Waals surface area contributed by atoms with Crippen LogP contribution in [0.3, 0.4) is 0 Å². The Balaban J connectivity index is 1.25. The van der Waals surface area contributed by atoms with E-state index in [1.165, 1.54) is 11.1 Å². The Morgan fingerprint density at radius 2 is 2.11 bits per heavy atom. The minimum Gasteiger partial charge on any atom is -0.379 e. The second-order valence-corrected chi connectivity index (χ2v) is 11.4. The number of methoxy groups -OCH3 is 1. The molecule has 1 aliphatic carbocycles. The van der Waals surface area contributed by atoms with Gasteiger partial charge in [0.2, 0.25) is 5.91 Å². The van der Waals surface area contributed by atoms with Gasteiger partial charge in [-0.05, 0) is 67.6 Å². The molecule has 6 atom stereocenters. The first-order valence-corrected chi connectivity index (χ1v) is 13.6. The molecule has 4 aliphatic rings. The highest BCUT2D eigenvalue weighted by Gasteiger charge is 2.60. The summed E-state index contributed by atoms with van der Waals surface area (Å²) in [5.41, 5.74) is 4.22. The van der Waals surface area contributed by atoms with Crippen molar-refractivity contribution in [2.45, 2.75) is 70.3 Å². The van der Waals surface area contributed by atoms with Crippen LogP contribution in [0, 0.1) is 24.2 Å². The highest BCUT2D eigenvalue weighted by atomic mass is 16.5. The molecule has 2 saturated heterocycles. The SMILES string of the molecule is COC1COCCC1C[C@@H]1C[C@H]2OC(c3ccccc3)C[C@@]2(C(=O)N2CCc3ncc(C)cc3C2)C1. The lowest BCUT2D eigenvalue weighted by molar-refractivity contribution is -0.145.